The van der Waals surface area contributed by atoms with Crippen LogP contribution in [0.4, 0.5) is 4.39 Å². The van der Waals surface area contributed by atoms with Gasteiger partial charge in [0.25, 0.3) is 0 Å². The van der Waals surface area contributed by atoms with Gasteiger partial charge in [-0.1, -0.05) is 30.3 Å². The summed E-state index contributed by atoms with van der Waals surface area (Å²) in [6.07, 6.45) is 1.60. The first-order chi connectivity index (χ1) is 10.3. The first kappa shape index (κ1) is 14.1. The van der Waals surface area contributed by atoms with Gasteiger partial charge < -0.3 is 4.57 Å². The molecule has 108 valence electrons. The van der Waals surface area contributed by atoms with E-state index < -0.39 is 0 Å². The quantitative estimate of drug-likeness (QED) is 0.646. The molecule has 0 amide bonds. The van der Waals surface area contributed by atoms with Gasteiger partial charge in [-0.3, -0.25) is 0 Å². The van der Waals surface area contributed by atoms with Crippen LogP contribution in [-0.4, -0.2) is 15.4 Å². The zero-order chi connectivity index (χ0) is 14.7. The number of nitrogens with zero attached hydrogens (tertiary/aromatic N) is 2. The predicted molar refractivity (Wildman–Crippen MR) is 84.3 cm³/mol. The summed E-state index contributed by atoms with van der Waals surface area (Å²) in [6.45, 7) is 0.818. The third-order valence-corrected chi connectivity index (χ3v) is 3.76. The Morgan fingerprint density at radius 2 is 1.86 bits per heavy atom. The fourth-order valence-electron chi connectivity index (χ4n) is 2.56. The maximum Gasteiger partial charge on any atom is 0.125 e. The average Bonchev–Trinajstić information content (AvgIpc) is 2.83. The summed E-state index contributed by atoms with van der Waals surface area (Å²) in [5, 5.41) is 0. The van der Waals surface area contributed by atoms with Crippen molar-refractivity contribution in [2.75, 3.05) is 5.88 Å². The molecule has 0 bridgehead atoms. The molecule has 3 rings (SSSR count). The maximum absolute atomic E-state index is 13.3. The van der Waals surface area contributed by atoms with Crippen molar-refractivity contribution in [1.82, 2.24) is 9.55 Å². The zero-order valence-corrected chi connectivity index (χ0v) is 12.4. The number of imidazole rings is 1. The molecule has 0 saturated carbocycles. The molecule has 0 radical (unpaired) electrons. The Morgan fingerprint density at radius 3 is 2.62 bits per heavy atom. The minimum atomic E-state index is -0.257. The number of alkyl halides is 1. The lowest BCUT2D eigenvalue weighted by Crippen LogP contribution is -2.07. The molecule has 2 nitrogen and oxygen atoms in total. The highest BCUT2D eigenvalue weighted by atomic mass is 35.5. The van der Waals surface area contributed by atoms with E-state index in [2.05, 4.69) is 21.7 Å². The lowest BCUT2D eigenvalue weighted by molar-refractivity contribution is 0.629. The highest BCUT2D eigenvalue weighted by Gasteiger charge is 2.11. The summed E-state index contributed by atoms with van der Waals surface area (Å²) in [6, 6.07) is 15.1. The molecular formula is C17H16ClFN2. The molecule has 0 fully saturated rings. The topological polar surface area (TPSA) is 17.8 Å². The van der Waals surface area contributed by atoms with Crippen molar-refractivity contribution in [3.63, 3.8) is 0 Å². The largest absolute Gasteiger partial charge is 0.328 e. The van der Waals surface area contributed by atoms with Crippen LogP contribution in [0.3, 0.4) is 0 Å². The van der Waals surface area contributed by atoms with E-state index in [4.69, 9.17) is 11.6 Å². The Bertz CT molecular complexity index is 737. The number of rotatable bonds is 5. The summed E-state index contributed by atoms with van der Waals surface area (Å²) < 4.78 is 15.5. The third kappa shape index (κ3) is 3.08. The Kier molecular flexibility index (Phi) is 4.20. The van der Waals surface area contributed by atoms with E-state index in [-0.39, 0.29) is 5.82 Å². The van der Waals surface area contributed by atoms with Crippen molar-refractivity contribution in [1.29, 1.82) is 0 Å². The smallest absolute Gasteiger partial charge is 0.125 e. The molecule has 4 heteroatoms. The first-order valence-corrected chi connectivity index (χ1v) is 7.56. The Balaban J connectivity index is 1.93. The van der Waals surface area contributed by atoms with Crippen LogP contribution in [0.1, 0.15) is 11.4 Å². The molecule has 0 atom stereocenters. The van der Waals surface area contributed by atoms with Gasteiger partial charge in [0.05, 0.1) is 11.0 Å². The standard InChI is InChI=1S/C17H16ClFN2/c18-10-8-17-20-15-12-14(19)6-7-16(15)21(17)11-9-13-4-2-1-3-5-13/h1-7,12H,8-11H2. The van der Waals surface area contributed by atoms with Crippen LogP contribution in [0.5, 0.6) is 0 Å². The molecule has 0 spiro atoms. The molecular weight excluding hydrogens is 287 g/mol. The second kappa shape index (κ2) is 6.27. The number of hydrogen-bond acceptors (Lipinski definition) is 1. The number of aromatic nitrogens is 2. The van der Waals surface area contributed by atoms with Crippen molar-refractivity contribution < 1.29 is 4.39 Å². The SMILES string of the molecule is Fc1ccc2c(c1)nc(CCCl)n2CCc1ccccc1. The summed E-state index contributed by atoms with van der Waals surface area (Å²) in [5.74, 6) is 1.17. The lowest BCUT2D eigenvalue weighted by Gasteiger charge is -2.08. The van der Waals surface area contributed by atoms with Gasteiger partial charge in [-0.15, -0.1) is 11.6 Å². The van der Waals surface area contributed by atoms with E-state index in [1.165, 1.54) is 17.7 Å². The molecule has 0 saturated heterocycles. The molecule has 2 aromatic carbocycles. The van der Waals surface area contributed by atoms with Gasteiger partial charge in [0.1, 0.15) is 11.6 Å². The Hall–Kier alpha value is -1.87. The summed E-state index contributed by atoms with van der Waals surface area (Å²) in [5.41, 5.74) is 2.94. The molecule has 0 N–H and O–H groups in total. The predicted octanol–water partition coefficient (Wildman–Crippen LogP) is 4.20. The van der Waals surface area contributed by atoms with Gasteiger partial charge >= 0.3 is 0 Å². The summed E-state index contributed by atoms with van der Waals surface area (Å²) in [7, 11) is 0. The highest BCUT2D eigenvalue weighted by molar-refractivity contribution is 6.17. The number of aryl methyl sites for hydroxylation is 3. The molecule has 21 heavy (non-hydrogen) atoms. The van der Waals surface area contributed by atoms with E-state index in [0.717, 1.165) is 24.3 Å². The number of halogens is 2. The second-order valence-electron chi connectivity index (χ2n) is 4.99. The summed E-state index contributed by atoms with van der Waals surface area (Å²) in [4.78, 5) is 4.51. The second-order valence-corrected chi connectivity index (χ2v) is 5.37. The van der Waals surface area contributed by atoms with Gasteiger partial charge in [0.15, 0.2) is 0 Å². The zero-order valence-electron chi connectivity index (χ0n) is 11.6. The van der Waals surface area contributed by atoms with Gasteiger partial charge in [0, 0.05) is 24.9 Å². The van der Waals surface area contributed by atoms with E-state index in [1.807, 2.05) is 18.2 Å². The van der Waals surface area contributed by atoms with Crippen molar-refractivity contribution in [2.24, 2.45) is 0 Å². The van der Waals surface area contributed by atoms with Crippen molar-refractivity contribution in [3.05, 3.63) is 65.7 Å². The third-order valence-electron chi connectivity index (χ3n) is 3.57. The van der Waals surface area contributed by atoms with Crippen molar-refractivity contribution in [2.45, 2.75) is 19.4 Å². The molecule has 1 heterocycles. The van der Waals surface area contributed by atoms with E-state index in [0.29, 0.717) is 17.8 Å². The van der Waals surface area contributed by atoms with Crippen LogP contribution in [0.2, 0.25) is 0 Å². The van der Waals surface area contributed by atoms with Gasteiger partial charge in [-0.25, -0.2) is 9.37 Å². The number of hydrogen-bond donors (Lipinski definition) is 0. The molecule has 3 aromatic rings. The van der Waals surface area contributed by atoms with E-state index >= 15 is 0 Å². The lowest BCUT2D eigenvalue weighted by atomic mass is 10.1. The fourth-order valence-corrected chi connectivity index (χ4v) is 2.73. The summed E-state index contributed by atoms with van der Waals surface area (Å²) >= 11 is 5.86. The molecule has 0 aliphatic carbocycles. The van der Waals surface area contributed by atoms with Crippen LogP contribution in [0.25, 0.3) is 11.0 Å². The van der Waals surface area contributed by atoms with Crippen LogP contribution in [-0.2, 0) is 19.4 Å². The monoisotopic (exact) mass is 302 g/mol. The minimum Gasteiger partial charge on any atom is -0.328 e. The first-order valence-electron chi connectivity index (χ1n) is 7.02. The van der Waals surface area contributed by atoms with Crippen LogP contribution in [0, 0.1) is 5.82 Å². The van der Waals surface area contributed by atoms with E-state index in [9.17, 15) is 4.39 Å². The van der Waals surface area contributed by atoms with Gasteiger partial charge in [0.2, 0.25) is 0 Å². The minimum absolute atomic E-state index is 0.257. The van der Waals surface area contributed by atoms with Gasteiger partial charge in [-0.05, 0) is 24.1 Å². The molecule has 0 aliphatic rings. The van der Waals surface area contributed by atoms with Crippen LogP contribution >= 0.6 is 11.6 Å². The normalized spacial score (nSPS) is 11.1. The molecule has 0 unspecified atom stereocenters. The number of fused-ring (bicyclic) bond motifs is 1. The van der Waals surface area contributed by atoms with Crippen LogP contribution < -0.4 is 0 Å². The Labute approximate surface area is 128 Å². The van der Waals surface area contributed by atoms with Crippen molar-refractivity contribution >= 4 is 22.6 Å². The molecule has 0 aliphatic heterocycles. The van der Waals surface area contributed by atoms with Gasteiger partial charge in [-0.2, -0.15) is 0 Å². The Morgan fingerprint density at radius 1 is 1.05 bits per heavy atom. The van der Waals surface area contributed by atoms with Crippen LogP contribution in [0.15, 0.2) is 48.5 Å². The maximum atomic E-state index is 13.3. The highest BCUT2D eigenvalue weighted by Crippen LogP contribution is 2.19. The van der Waals surface area contributed by atoms with Crippen molar-refractivity contribution in [3.8, 4) is 0 Å². The molecule has 1 aromatic heterocycles. The fraction of sp³-hybridized carbons (Fsp3) is 0.235. The van der Waals surface area contributed by atoms with E-state index in [1.54, 1.807) is 6.07 Å². The average molecular weight is 303 g/mol. The number of benzene rings is 2.